The topological polar surface area (TPSA) is 0 Å². The summed E-state index contributed by atoms with van der Waals surface area (Å²) in [5.41, 5.74) is 0. The van der Waals surface area contributed by atoms with Crippen molar-refractivity contribution < 1.29 is 0 Å². The molecule has 2 saturated carbocycles. The Hall–Kier alpha value is 0.350. The predicted molar refractivity (Wildman–Crippen MR) is 98.1 cm³/mol. The molecule has 4 atom stereocenters. The molecule has 2 fully saturated rings. The van der Waals surface area contributed by atoms with Gasteiger partial charge in [0.1, 0.15) is 0 Å². The van der Waals surface area contributed by atoms with E-state index in [1.165, 1.54) is 77.0 Å². The van der Waals surface area contributed by atoms with Gasteiger partial charge in [-0.15, -0.1) is 11.8 Å². The highest BCUT2D eigenvalue weighted by Gasteiger charge is 2.47. The molecule has 124 valence electrons. The summed E-state index contributed by atoms with van der Waals surface area (Å²) in [4.78, 5) is 0. The third-order valence-electron chi connectivity index (χ3n) is 6.52. The normalized spacial score (nSPS) is 41.1. The van der Waals surface area contributed by atoms with E-state index in [9.17, 15) is 0 Å². The van der Waals surface area contributed by atoms with Gasteiger partial charge in [0.2, 0.25) is 0 Å². The number of hydrogen-bond acceptors (Lipinski definition) is 1. The van der Waals surface area contributed by atoms with Crippen molar-refractivity contribution in [2.75, 3.05) is 0 Å². The van der Waals surface area contributed by atoms with Crippen LogP contribution in [0.4, 0.5) is 0 Å². The second-order valence-corrected chi connectivity index (χ2v) is 9.86. The second kappa shape index (κ2) is 7.75. The first-order chi connectivity index (χ1) is 10.1. The van der Waals surface area contributed by atoms with Crippen LogP contribution in [0, 0.1) is 11.8 Å². The second-order valence-electron chi connectivity index (χ2n) is 8.03. The predicted octanol–water partition coefficient (Wildman–Crippen LogP) is 7.22. The van der Waals surface area contributed by atoms with E-state index in [-0.39, 0.29) is 0 Å². The van der Waals surface area contributed by atoms with Crippen LogP contribution in [0.15, 0.2) is 0 Å². The lowest BCUT2D eigenvalue weighted by Crippen LogP contribution is -2.45. The van der Waals surface area contributed by atoms with Crippen molar-refractivity contribution >= 4 is 11.8 Å². The van der Waals surface area contributed by atoms with E-state index in [0.717, 1.165) is 11.8 Å². The molecule has 1 heteroatoms. The molecule has 0 aliphatic heterocycles. The van der Waals surface area contributed by atoms with Crippen LogP contribution in [0.3, 0.4) is 0 Å². The van der Waals surface area contributed by atoms with E-state index >= 15 is 0 Å². The van der Waals surface area contributed by atoms with Gasteiger partial charge in [0.25, 0.3) is 0 Å². The highest BCUT2D eigenvalue weighted by atomic mass is 32.2. The van der Waals surface area contributed by atoms with Crippen molar-refractivity contribution in [1.82, 2.24) is 0 Å². The molecule has 2 aliphatic rings. The Morgan fingerprint density at radius 3 is 1.52 bits per heavy atom. The van der Waals surface area contributed by atoms with E-state index in [4.69, 9.17) is 0 Å². The maximum Gasteiger partial charge on any atom is 0.0191 e. The summed E-state index contributed by atoms with van der Waals surface area (Å²) in [7, 11) is 0. The summed E-state index contributed by atoms with van der Waals surface area (Å²) in [5, 5.41) is 0. The average Bonchev–Trinajstić information content (AvgIpc) is 2.46. The van der Waals surface area contributed by atoms with Gasteiger partial charge in [0.05, 0.1) is 0 Å². The largest absolute Gasteiger partial charge is 0.148 e. The third-order valence-corrected chi connectivity index (χ3v) is 8.96. The molecule has 0 heterocycles. The average molecular weight is 311 g/mol. The molecule has 0 spiro atoms. The third kappa shape index (κ3) is 3.82. The molecule has 2 rings (SSSR count). The molecule has 0 bridgehead atoms. The zero-order chi connectivity index (χ0) is 15.3. The molecule has 4 unspecified atom stereocenters. The lowest BCUT2D eigenvalue weighted by atomic mass is 9.76. The molecule has 21 heavy (non-hydrogen) atoms. The van der Waals surface area contributed by atoms with Gasteiger partial charge in [-0.1, -0.05) is 66.2 Å². The quantitative estimate of drug-likeness (QED) is 0.499. The van der Waals surface area contributed by atoms with Crippen LogP contribution in [-0.4, -0.2) is 9.49 Å². The van der Waals surface area contributed by atoms with Crippen LogP contribution in [-0.2, 0) is 0 Å². The van der Waals surface area contributed by atoms with Gasteiger partial charge in [-0.3, -0.25) is 0 Å². The fraction of sp³-hybridized carbons (Fsp3) is 1.00. The Morgan fingerprint density at radius 1 is 0.762 bits per heavy atom. The molecule has 0 aromatic carbocycles. The molecule has 0 radical (unpaired) electrons. The SMILES string of the molecule is CCCC1(SC2(CCC)CCCCC2C)CCCCC1C. The summed E-state index contributed by atoms with van der Waals surface area (Å²) >= 11 is 2.50. The van der Waals surface area contributed by atoms with Gasteiger partial charge in [-0.25, -0.2) is 0 Å². The number of thioether (sulfide) groups is 1. The van der Waals surface area contributed by atoms with E-state index in [2.05, 4.69) is 39.5 Å². The van der Waals surface area contributed by atoms with Crippen molar-refractivity contribution in [3.63, 3.8) is 0 Å². The zero-order valence-electron chi connectivity index (χ0n) is 15.0. The minimum atomic E-state index is 0.605. The molecule has 0 aromatic rings. The van der Waals surface area contributed by atoms with Crippen LogP contribution < -0.4 is 0 Å². The fourth-order valence-electron chi connectivity index (χ4n) is 5.17. The van der Waals surface area contributed by atoms with Crippen LogP contribution in [0.1, 0.15) is 105 Å². The van der Waals surface area contributed by atoms with Gasteiger partial charge in [0, 0.05) is 9.49 Å². The Balaban J connectivity index is 2.22. The van der Waals surface area contributed by atoms with Crippen molar-refractivity contribution in [2.45, 2.75) is 114 Å². The lowest BCUT2D eigenvalue weighted by Gasteiger charge is -2.52. The maximum absolute atomic E-state index is 2.56. The molecule has 2 aliphatic carbocycles. The molecule has 0 saturated heterocycles. The summed E-state index contributed by atoms with van der Waals surface area (Å²) in [6, 6.07) is 0. The zero-order valence-corrected chi connectivity index (χ0v) is 15.9. The Labute approximate surface area is 138 Å². The first kappa shape index (κ1) is 17.7. The number of hydrogen-bond donors (Lipinski definition) is 0. The maximum atomic E-state index is 2.56. The molecular formula is C20H38S. The summed E-state index contributed by atoms with van der Waals surface area (Å²) in [6.45, 7) is 9.94. The van der Waals surface area contributed by atoms with Crippen LogP contribution in [0.5, 0.6) is 0 Å². The Kier molecular flexibility index (Phi) is 6.53. The minimum Gasteiger partial charge on any atom is -0.148 e. The van der Waals surface area contributed by atoms with E-state index in [1.807, 2.05) is 0 Å². The fourth-order valence-corrected chi connectivity index (χ4v) is 7.72. The van der Waals surface area contributed by atoms with Gasteiger partial charge < -0.3 is 0 Å². The van der Waals surface area contributed by atoms with Crippen molar-refractivity contribution in [3.8, 4) is 0 Å². The molecular weight excluding hydrogens is 272 g/mol. The van der Waals surface area contributed by atoms with Gasteiger partial charge >= 0.3 is 0 Å². The van der Waals surface area contributed by atoms with E-state index in [0.29, 0.717) is 9.49 Å². The monoisotopic (exact) mass is 310 g/mol. The summed E-state index contributed by atoms with van der Waals surface area (Å²) in [6.07, 6.45) is 17.5. The molecule has 0 N–H and O–H groups in total. The first-order valence-corrected chi connectivity index (χ1v) is 10.6. The van der Waals surface area contributed by atoms with Crippen molar-refractivity contribution in [1.29, 1.82) is 0 Å². The molecule has 0 amide bonds. The van der Waals surface area contributed by atoms with Crippen molar-refractivity contribution in [3.05, 3.63) is 0 Å². The van der Waals surface area contributed by atoms with Gasteiger partial charge in [-0.2, -0.15) is 0 Å². The van der Waals surface area contributed by atoms with E-state index in [1.54, 1.807) is 0 Å². The van der Waals surface area contributed by atoms with E-state index < -0.39 is 0 Å². The Morgan fingerprint density at radius 2 is 1.19 bits per heavy atom. The molecule has 0 nitrogen and oxygen atoms in total. The Bertz CT molecular complexity index is 275. The van der Waals surface area contributed by atoms with Crippen LogP contribution >= 0.6 is 11.8 Å². The minimum absolute atomic E-state index is 0.605. The van der Waals surface area contributed by atoms with Crippen LogP contribution in [0.25, 0.3) is 0 Å². The van der Waals surface area contributed by atoms with Crippen molar-refractivity contribution in [2.24, 2.45) is 11.8 Å². The highest BCUT2D eigenvalue weighted by Crippen LogP contribution is 2.58. The highest BCUT2D eigenvalue weighted by molar-refractivity contribution is 8.02. The molecule has 0 aromatic heterocycles. The lowest BCUT2D eigenvalue weighted by molar-refractivity contribution is 0.247. The van der Waals surface area contributed by atoms with Gasteiger partial charge in [-0.05, 0) is 50.4 Å². The summed E-state index contributed by atoms with van der Waals surface area (Å²) in [5.74, 6) is 1.86. The number of rotatable bonds is 6. The summed E-state index contributed by atoms with van der Waals surface area (Å²) < 4.78 is 1.21. The smallest absolute Gasteiger partial charge is 0.0191 e. The first-order valence-electron chi connectivity index (χ1n) is 9.79. The van der Waals surface area contributed by atoms with Crippen LogP contribution in [0.2, 0.25) is 0 Å². The standard InChI is InChI=1S/C20H38S/c1-5-13-19(15-9-7-11-17(19)3)21-20(14-6-2)16-10-8-12-18(20)4/h17-18H,5-16H2,1-4H3. The van der Waals surface area contributed by atoms with Gasteiger partial charge in [0.15, 0.2) is 0 Å².